The van der Waals surface area contributed by atoms with Gasteiger partial charge in [-0.05, 0) is 70.9 Å². The lowest BCUT2D eigenvalue weighted by Crippen LogP contribution is -2.49. The Hall–Kier alpha value is -3.65. The minimum absolute atomic E-state index is 0.0118. The van der Waals surface area contributed by atoms with Gasteiger partial charge in [0.25, 0.3) is 5.91 Å². The Morgan fingerprint density at radius 3 is 2.26 bits per heavy atom. The number of para-hydroxylation sites is 1. The van der Waals surface area contributed by atoms with Crippen molar-refractivity contribution in [2.45, 2.75) is 13.5 Å². The number of fused-ring (bicyclic) bond motifs is 1. The zero-order valence-corrected chi connectivity index (χ0v) is 23.7. The van der Waals surface area contributed by atoms with Crippen LogP contribution in [0.5, 0.6) is 17.2 Å². The first-order chi connectivity index (χ1) is 18.4. The maximum atomic E-state index is 14.1. The number of anilines is 1. The number of rotatable bonds is 7. The second-order valence-corrected chi connectivity index (χ2v) is 10.3. The monoisotopic (exact) mass is 577 g/mol. The third-order valence-corrected chi connectivity index (χ3v) is 7.89. The van der Waals surface area contributed by atoms with Crippen LogP contribution >= 0.6 is 15.9 Å². The fourth-order valence-electron chi connectivity index (χ4n) is 5.10. The number of ether oxygens (including phenoxy) is 3. The van der Waals surface area contributed by atoms with Crippen molar-refractivity contribution < 1.29 is 19.0 Å². The number of nitrogens with zero attached hydrogens (tertiary/aromatic N) is 3. The van der Waals surface area contributed by atoms with Crippen LogP contribution in [0.25, 0.3) is 10.9 Å². The Morgan fingerprint density at radius 2 is 1.61 bits per heavy atom. The normalized spacial score (nSPS) is 13.6. The van der Waals surface area contributed by atoms with E-state index in [4.69, 9.17) is 14.2 Å². The molecule has 1 aliphatic rings. The molecular formula is C30H32BrN3O4. The summed E-state index contributed by atoms with van der Waals surface area (Å²) in [7, 11) is 5.24. The van der Waals surface area contributed by atoms with Crippen molar-refractivity contribution in [3.63, 3.8) is 0 Å². The molecule has 0 spiro atoms. The standard InChI is InChI=1S/C30H32BrN3O4/c1-20-7-5-6-8-25(20)33-13-15-34(16-14-33)30(35)29-23-17-28(37-4)24(31)18-26(23)32(2)27(29)19-38-22-11-9-21(36-3)10-12-22/h5-12,17-18H,13-16,19H2,1-4H3. The molecule has 1 aromatic heterocycles. The van der Waals surface area contributed by atoms with E-state index in [0.29, 0.717) is 30.2 Å². The first kappa shape index (κ1) is 26.0. The number of hydrogen-bond acceptors (Lipinski definition) is 5. The van der Waals surface area contributed by atoms with Crippen molar-refractivity contribution >= 4 is 38.4 Å². The highest BCUT2D eigenvalue weighted by molar-refractivity contribution is 9.10. The van der Waals surface area contributed by atoms with Gasteiger partial charge < -0.3 is 28.6 Å². The second kappa shape index (κ2) is 11.0. The average Bonchev–Trinajstić information content (AvgIpc) is 3.21. The van der Waals surface area contributed by atoms with E-state index in [-0.39, 0.29) is 12.5 Å². The Morgan fingerprint density at radius 1 is 0.921 bits per heavy atom. The Kier molecular flexibility index (Phi) is 7.51. The average molecular weight is 579 g/mol. The van der Waals surface area contributed by atoms with Crippen LogP contribution < -0.4 is 19.1 Å². The van der Waals surface area contributed by atoms with Crippen LogP contribution in [0.1, 0.15) is 21.6 Å². The Bertz CT molecular complexity index is 1460. The highest BCUT2D eigenvalue weighted by Gasteiger charge is 2.29. The summed E-state index contributed by atoms with van der Waals surface area (Å²) in [5.41, 5.74) is 4.89. The van der Waals surface area contributed by atoms with E-state index in [1.807, 2.05) is 52.9 Å². The van der Waals surface area contributed by atoms with Gasteiger partial charge in [-0.2, -0.15) is 0 Å². The van der Waals surface area contributed by atoms with Crippen LogP contribution in [-0.2, 0) is 13.7 Å². The highest BCUT2D eigenvalue weighted by Crippen LogP contribution is 2.36. The lowest BCUT2D eigenvalue weighted by Gasteiger charge is -2.37. The van der Waals surface area contributed by atoms with E-state index in [1.165, 1.54) is 11.3 Å². The van der Waals surface area contributed by atoms with E-state index < -0.39 is 0 Å². The van der Waals surface area contributed by atoms with Gasteiger partial charge in [0.05, 0.1) is 35.5 Å². The van der Waals surface area contributed by atoms with Gasteiger partial charge in [-0.3, -0.25) is 4.79 Å². The maximum Gasteiger partial charge on any atom is 0.256 e. The van der Waals surface area contributed by atoms with E-state index in [2.05, 4.69) is 52.0 Å². The van der Waals surface area contributed by atoms with Gasteiger partial charge in [0, 0.05) is 44.3 Å². The van der Waals surface area contributed by atoms with Crippen molar-refractivity contribution in [1.82, 2.24) is 9.47 Å². The van der Waals surface area contributed by atoms with Gasteiger partial charge in [0.2, 0.25) is 0 Å². The molecule has 0 bridgehead atoms. The molecule has 1 aliphatic heterocycles. The van der Waals surface area contributed by atoms with Crippen molar-refractivity contribution in [2.75, 3.05) is 45.3 Å². The quantitative estimate of drug-likeness (QED) is 0.277. The number of aromatic nitrogens is 1. The second-order valence-electron chi connectivity index (χ2n) is 9.41. The minimum Gasteiger partial charge on any atom is -0.497 e. The first-order valence-electron chi connectivity index (χ1n) is 12.6. The molecule has 7 nitrogen and oxygen atoms in total. The third kappa shape index (κ3) is 4.92. The summed E-state index contributed by atoms with van der Waals surface area (Å²) in [4.78, 5) is 18.4. The number of amides is 1. The highest BCUT2D eigenvalue weighted by atomic mass is 79.9. The predicted molar refractivity (Wildman–Crippen MR) is 154 cm³/mol. The summed E-state index contributed by atoms with van der Waals surface area (Å²) in [6, 6.07) is 19.8. The molecule has 4 aromatic rings. The van der Waals surface area contributed by atoms with Gasteiger partial charge in [0.1, 0.15) is 23.9 Å². The van der Waals surface area contributed by atoms with Crippen molar-refractivity contribution in [2.24, 2.45) is 7.05 Å². The fourth-order valence-corrected chi connectivity index (χ4v) is 5.60. The minimum atomic E-state index is 0.0118. The van der Waals surface area contributed by atoms with Crippen molar-refractivity contribution in [3.05, 3.63) is 82.0 Å². The maximum absolute atomic E-state index is 14.1. The summed E-state index contributed by atoms with van der Waals surface area (Å²) >= 11 is 3.60. The molecule has 0 N–H and O–H groups in total. The van der Waals surface area contributed by atoms with Crippen molar-refractivity contribution in [1.29, 1.82) is 0 Å². The van der Waals surface area contributed by atoms with Crippen LogP contribution in [0.3, 0.4) is 0 Å². The largest absolute Gasteiger partial charge is 0.497 e. The molecule has 198 valence electrons. The SMILES string of the molecule is COc1ccc(OCc2c(C(=O)N3CCN(c4ccccc4C)CC3)c3cc(OC)c(Br)cc3n2C)cc1. The third-order valence-electron chi connectivity index (χ3n) is 7.27. The number of piperazine rings is 1. The summed E-state index contributed by atoms with van der Waals surface area (Å²) in [6.45, 7) is 5.25. The molecule has 2 heterocycles. The van der Waals surface area contributed by atoms with Crippen LogP contribution in [-0.4, -0.2) is 55.8 Å². The number of halogens is 1. The van der Waals surface area contributed by atoms with Crippen LogP contribution in [0.15, 0.2) is 65.1 Å². The van der Waals surface area contributed by atoms with Gasteiger partial charge in [0.15, 0.2) is 0 Å². The number of carbonyl (C=O) groups excluding carboxylic acids is 1. The molecular weight excluding hydrogens is 546 g/mol. The summed E-state index contributed by atoms with van der Waals surface area (Å²) in [5, 5.41) is 0.854. The molecule has 0 saturated carbocycles. The molecule has 8 heteroatoms. The molecule has 5 rings (SSSR count). The number of hydrogen-bond donors (Lipinski definition) is 0. The lowest BCUT2D eigenvalue weighted by molar-refractivity contribution is 0.0745. The van der Waals surface area contributed by atoms with Crippen LogP contribution in [0, 0.1) is 6.92 Å². The van der Waals surface area contributed by atoms with Gasteiger partial charge in [-0.15, -0.1) is 0 Å². The zero-order chi connectivity index (χ0) is 26.8. The lowest BCUT2D eigenvalue weighted by atomic mass is 10.1. The summed E-state index contributed by atoms with van der Waals surface area (Å²) in [6.07, 6.45) is 0. The fraction of sp³-hybridized carbons (Fsp3) is 0.300. The van der Waals surface area contributed by atoms with Gasteiger partial charge in [-0.25, -0.2) is 0 Å². The number of methoxy groups -OCH3 is 2. The molecule has 38 heavy (non-hydrogen) atoms. The molecule has 3 aromatic carbocycles. The first-order valence-corrected chi connectivity index (χ1v) is 13.4. The predicted octanol–water partition coefficient (Wildman–Crippen LogP) is 5.81. The number of benzene rings is 3. The summed E-state index contributed by atoms with van der Waals surface area (Å²) in [5.74, 6) is 2.17. The number of carbonyl (C=O) groups is 1. The zero-order valence-electron chi connectivity index (χ0n) is 22.2. The van der Waals surface area contributed by atoms with Crippen LogP contribution in [0.4, 0.5) is 5.69 Å². The van der Waals surface area contributed by atoms with E-state index in [0.717, 1.165) is 39.9 Å². The Balaban J connectivity index is 1.46. The summed E-state index contributed by atoms with van der Waals surface area (Å²) < 4.78 is 19.9. The molecule has 1 amide bonds. The molecule has 1 saturated heterocycles. The number of aryl methyl sites for hydroxylation is 2. The molecule has 0 atom stereocenters. The topological polar surface area (TPSA) is 56.2 Å². The Labute approximate surface area is 231 Å². The van der Waals surface area contributed by atoms with E-state index in [1.54, 1.807) is 14.2 Å². The molecule has 0 aliphatic carbocycles. The van der Waals surface area contributed by atoms with E-state index in [9.17, 15) is 4.79 Å². The van der Waals surface area contributed by atoms with Gasteiger partial charge >= 0.3 is 0 Å². The molecule has 0 radical (unpaired) electrons. The van der Waals surface area contributed by atoms with Crippen LogP contribution in [0.2, 0.25) is 0 Å². The van der Waals surface area contributed by atoms with Gasteiger partial charge in [-0.1, -0.05) is 18.2 Å². The smallest absolute Gasteiger partial charge is 0.256 e. The van der Waals surface area contributed by atoms with E-state index >= 15 is 0 Å². The van der Waals surface area contributed by atoms with Crippen molar-refractivity contribution in [3.8, 4) is 17.2 Å². The molecule has 1 fully saturated rings. The molecule has 0 unspecified atom stereocenters.